The van der Waals surface area contributed by atoms with Gasteiger partial charge < -0.3 is 15.2 Å². The van der Waals surface area contributed by atoms with Gasteiger partial charge in [-0.3, -0.25) is 0 Å². The van der Waals surface area contributed by atoms with Crippen LogP contribution in [0.1, 0.15) is 32.3 Å². The van der Waals surface area contributed by atoms with Crippen LogP contribution < -0.4 is 15.2 Å². The highest BCUT2D eigenvalue weighted by Gasteiger charge is 2.07. The molecule has 0 heterocycles. The lowest BCUT2D eigenvalue weighted by atomic mass is 10.1. The Kier molecular flexibility index (Phi) is 6.76. The quantitative estimate of drug-likeness (QED) is 0.731. The lowest BCUT2D eigenvalue weighted by Gasteiger charge is -2.14. The summed E-state index contributed by atoms with van der Waals surface area (Å²) in [7, 11) is 0. The van der Waals surface area contributed by atoms with Gasteiger partial charge in [-0.05, 0) is 44.4 Å². The maximum Gasteiger partial charge on any atom is 0.161 e. The van der Waals surface area contributed by atoms with E-state index in [1.807, 2.05) is 32.0 Å². The van der Waals surface area contributed by atoms with Gasteiger partial charge in [0, 0.05) is 12.5 Å². The second-order valence-electron chi connectivity index (χ2n) is 4.51. The van der Waals surface area contributed by atoms with Crippen LogP contribution in [-0.4, -0.2) is 19.3 Å². The van der Waals surface area contributed by atoms with E-state index in [9.17, 15) is 0 Å². The molecule has 1 rings (SSSR count). The van der Waals surface area contributed by atoms with Gasteiger partial charge in [0.1, 0.15) is 0 Å². The number of rotatable bonds is 8. The van der Waals surface area contributed by atoms with Crippen molar-refractivity contribution in [1.82, 2.24) is 0 Å². The summed E-state index contributed by atoms with van der Waals surface area (Å²) in [6.07, 6.45) is 2.05. The summed E-state index contributed by atoms with van der Waals surface area (Å²) in [4.78, 5) is 0. The molecule has 0 spiro atoms. The van der Waals surface area contributed by atoms with Gasteiger partial charge in [0.05, 0.1) is 19.3 Å². The normalized spacial score (nSPS) is 11.7. The molecule has 0 radical (unpaired) electrons. The monoisotopic (exact) mass is 262 g/mol. The first-order chi connectivity index (χ1) is 9.17. The van der Waals surface area contributed by atoms with Gasteiger partial charge in [0.25, 0.3) is 0 Å². The number of ether oxygens (including phenoxy) is 2. The zero-order valence-electron chi connectivity index (χ0n) is 11.7. The second-order valence-corrected chi connectivity index (χ2v) is 4.51. The van der Waals surface area contributed by atoms with Crippen LogP contribution in [0.25, 0.3) is 0 Å². The average Bonchev–Trinajstić information content (AvgIpc) is 2.36. The average molecular weight is 262 g/mol. The standard InChI is InChI=1S/C15H22N2O2/c1-3-18-15-11-13(10-12(2)17)6-7-14(15)19-9-5-4-8-16/h6-7,11-12H,3-5,9-10,17H2,1-2H3. The van der Waals surface area contributed by atoms with E-state index in [0.717, 1.165) is 29.9 Å². The largest absolute Gasteiger partial charge is 0.490 e. The van der Waals surface area contributed by atoms with Crippen molar-refractivity contribution in [3.05, 3.63) is 23.8 Å². The SMILES string of the molecule is CCOc1cc(CC(C)N)ccc1OCCCC#N. The Morgan fingerprint density at radius 2 is 2.11 bits per heavy atom. The van der Waals surface area contributed by atoms with Crippen LogP contribution in [0.5, 0.6) is 11.5 Å². The van der Waals surface area contributed by atoms with E-state index < -0.39 is 0 Å². The van der Waals surface area contributed by atoms with Crippen LogP contribution >= 0.6 is 0 Å². The number of benzene rings is 1. The Hall–Kier alpha value is -1.73. The molecule has 104 valence electrons. The van der Waals surface area contributed by atoms with E-state index in [1.165, 1.54) is 0 Å². The predicted molar refractivity (Wildman–Crippen MR) is 75.3 cm³/mol. The van der Waals surface area contributed by atoms with Crippen LogP contribution in [0.4, 0.5) is 0 Å². The van der Waals surface area contributed by atoms with Crippen molar-refractivity contribution in [1.29, 1.82) is 5.26 Å². The summed E-state index contributed by atoms with van der Waals surface area (Å²) >= 11 is 0. The molecule has 1 aromatic carbocycles. The van der Waals surface area contributed by atoms with Crippen molar-refractivity contribution in [2.24, 2.45) is 5.73 Å². The van der Waals surface area contributed by atoms with Gasteiger partial charge in [-0.2, -0.15) is 5.26 Å². The summed E-state index contributed by atoms with van der Waals surface area (Å²) < 4.78 is 11.2. The number of unbranched alkanes of at least 4 members (excludes halogenated alkanes) is 1. The molecule has 0 saturated heterocycles. The first-order valence-corrected chi connectivity index (χ1v) is 6.68. The Bertz CT molecular complexity index is 425. The van der Waals surface area contributed by atoms with Gasteiger partial charge in [-0.1, -0.05) is 6.07 Å². The molecule has 1 atom stereocenters. The fourth-order valence-electron chi connectivity index (χ4n) is 1.77. The first kappa shape index (κ1) is 15.3. The molecule has 0 saturated carbocycles. The Labute approximate surface area is 115 Å². The third-order valence-corrected chi connectivity index (χ3v) is 2.56. The maximum absolute atomic E-state index is 8.48. The molecule has 0 aliphatic rings. The number of nitriles is 1. The molecule has 1 aromatic rings. The smallest absolute Gasteiger partial charge is 0.161 e. The van der Waals surface area contributed by atoms with Crippen molar-refractivity contribution in [3.63, 3.8) is 0 Å². The molecule has 0 aromatic heterocycles. The molecule has 4 nitrogen and oxygen atoms in total. The van der Waals surface area contributed by atoms with Gasteiger partial charge in [0.15, 0.2) is 11.5 Å². The van der Waals surface area contributed by atoms with Gasteiger partial charge in [-0.15, -0.1) is 0 Å². The second kappa shape index (κ2) is 8.39. The number of nitrogens with two attached hydrogens (primary N) is 1. The fraction of sp³-hybridized carbons (Fsp3) is 0.533. The molecule has 0 aliphatic heterocycles. The molecule has 4 heteroatoms. The molecule has 2 N–H and O–H groups in total. The highest BCUT2D eigenvalue weighted by molar-refractivity contribution is 5.43. The zero-order valence-corrected chi connectivity index (χ0v) is 11.7. The van der Waals surface area contributed by atoms with E-state index in [0.29, 0.717) is 19.6 Å². The topological polar surface area (TPSA) is 68.3 Å². The van der Waals surface area contributed by atoms with Crippen molar-refractivity contribution in [2.45, 2.75) is 39.2 Å². The summed E-state index contributed by atoms with van der Waals surface area (Å²) in [5.74, 6) is 1.48. The molecule has 0 fully saturated rings. The summed E-state index contributed by atoms with van der Waals surface area (Å²) in [5, 5.41) is 8.48. The van der Waals surface area contributed by atoms with Crippen LogP contribution in [0.2, 0.25) is 0 Å². The predicted octanol–water partition coefficient (Wildman–Crippen LogP) is 2.66. The lowest BCUT2D eigenvalue weighted by molar-refractivity contribution is 0.274. The minimum atomic E-state index is 0.122. The number of nitrogens with zero attached hydrogens (tertiary/aromatic N) is 1. The van der Waals surface area contributed by atoms with Crippen molar-refractivity contribution >= 4 is 0 Å². The molecule has 1 unspecified atom stereocenters. The van der Waals surface area contributed by atoms with E-state index in [2.05, 4.69) is 6.07 Å². The highest BCUT2D eigenvalue weighted by Crippen LogP contribution is 2.29. The van der Waals surface area contributed by atoms with E-state index in [-0.39, 0.29) is 6.04 Å². The van der Waals surface area contributed by atoms with E-state index in [4.69, 9.17) is 20.5 Å². The molecule has 19 heavy (non-hydrogen) atoms. The highest BCUT2D eigenvalue weighted by atomic mass is 16.5. The molecule has 0 bridgehead atoms. The summed E-state index contributed by atoms with van der Waals surface area (Å²) in [6.45, 7) is 5.04. The van der Waals surface area contributed by atoms with Gasteiger partial charge in [0.2, 0.25) is 0 Å². The van der Waals surface area contributed by atoms with Gasteiger partial charge in [-0.25, -0.2) is 0 Å². The minimum absolute atomic E-state index is 0.122. The Morgan fingerprint density at radius 3 is 2.74 bits per heavy atom. The van der Waals surface area contributed by atoms with Crippen molar-refractivity contribution < 1.29 is 9.47 Å². The van der Waals surface area contributed by atoms with Crippen LogP contribution in [0.15, 0.2) is 18.2 Å². The van der Waals surface area contributed by atoms with Crippen molar-refractivity contribution in [2.75, 3.05) is 13.2 Å². The Morgan fingerprint density at radius 1 is 1.32 bits per heavy atom. The number of hydrogen-bond donors (Lipinski definition) is 1. The number of hydrogen-bond acceptors (Lipinski definition) is 4. The molecule has 0 amide bonds. The van der Waals surface area contributed by atoms with Crippen molar-refractivity contribution in [3.8, 4) is 17.6 Å². The van der Waals surface area contributed by atoms with E-state index >= 15 is 0 Å². The lowest BCUT2D eigenvalue weighted by Crippen LogP contribution is -2.17. The van der Waals surface area contributed by atoms with Crippen LogP contribution in [0, 0.1) is 11.3 Å². The third kappa shape index (κ3) is 5.62. The molecular weight excluding hydrogens is 240 g/mol. The summed E-state index contributed by atoms with van der Waals surface area (Å²) in [5.41, 5.74) is 6.94. The zero-order chi connectivity index (χ0) is 14.1. The van der Waals surface area contributed by atoms with Crippen LogP contribution in [0.3, 0.4) is 0 Å². The van der Waals surface area contributed by atoms with E-state index in [1.54, 1.807) is 0 Å². The molecular formula is C15H22N2O2. The first-order valence-electron chi connectivity index (χ1n) is 6.68. The fourth-order valence-corrected chi connectivity index (χ4v) is 1.77. The third-order valence-electron chi connectivity index (χ3n) is 2.56. The van der Waals surface area contributed by atoms with Crippen LogP contribution in [-0.2, 0) is 6.42 Å². The maximum atomic E-state index is 8.48. The summed E-state index contributed by atoms with van der Waals surface area (Å²) in [6, 6.07) is 8.12. The molecule has 0 aliphatic carbocycles. The van der Waals surface area contributed by atoms with Gasteiger partial charge >= 0.3 is 0 Å². The minimum Gasteiger partial charge on any atom is -0.490 e. The Balaban J connectivity index is 2.71.